The fourth-order valence-electron chi connectivity index (χ4n) is 3.25. The molecule has 0 bridgehead atoms. The Morgan fingerprint density at radius 1 is 1.15 bits per heavy atom. The molecule has 2 heterocycles. The summed E-state index contributed by atoms with van der Waals surface area (Å²) in [4.78, 5) is 16.6. The molecule has 3 rings (SSSR count). The lowest BCUT2D eigenvalue weighted by molar-refractivity contribution is -0.130. The molecule has 1 atom stereocenters. The van der Waals surface area contributed by atoms with Crippen LogP contribution in [0.1, 0.15) is 12.0 Å². The average Bonchev–Trinajstić information content (AvgIpc) is 3.00. The standard InChI is InChI=1S/C19H26N2O3S2/c22-19(15-25-18-8-14-26(23,24)16-18)21-12-10-20(11-13-21)9-4-7-17-5-2-1-3-6-17/h1-7,18H,8-16H2. The van der Waals surface area contributed by atoms with Crippen molar-refractivity contribution in [3.05, 3.63) is 42.0 Å². The molecule has 2 fully saturated rings. The number of hydrogen-bond acceptors (Lipinski definition) is 5. The van der Waals surface area contributed by atoms with Crippen LogP contribution < -0.4 is 0 Å². The number of thioether (sulfide) groups is 1. The summed E-state index contributed by atoms with van der Waals surface area (Å²) in [5.41, 5.74) is 1.20. The lowest BCUT2D eigenvalue weighted by atomic mass is 10.2. The molecule has 2 aliphatic rings. The third-order valence-electron chi connectivity index (χ3n) is 4.83. The Morgan fingerprint density at radius 2 is 1.88 bits per heavy atom. The van der Waals surface area contributed by atoms with Crippen LogP contribution in [0.15, 0.2) is 36.4 Å². The molecule has 1 aromatic rings. The zero-order valence-corrected chi connectivity index (χ0v) is 16.6. The van der Waals surface area contributed by atoms with Gasteiger partial charge in [-0.3, -0.25) is 9.69 Å². The van der Waals surface area contributed by atoms with Crippen LogP contribution in [-0.4, -0.2) is 79.4 Å². The second kappa shape index (κ2) is 9.06. The molecule has 2 aliphatic heterocycles. The maximum absolute atomic E-state index is 12.3. The van der Waals surface area contributed by atoms with E-state index >= 15 is 0 Å². The van der Waals surface area contributed by atoms with E-state index in [1.54, 1.807) is 0 Å². The molecule has 142 valence electrons. The summed E-state index contributed by atoms with van der Waals surface area (Å²) in [5, 5.41) is 0.0911. The Kier molecular flexibility index (Phi) is 6.78. The van der Waals surface area contributed by atoms with Gasteiger partial charge in [0.15, 0.2) is 9.84 Å². The Hall–Kier alpha value is -1.31. The van der Waals surface area contributed by atoms with Gasteiger partial charge in [-0.15, -0.1) is 11.8 Å². The van der Waals surface area contributed by atoms with Gasteiger partial charge in [0.2, 0.25) is 5.91 Å². The van der Waals surface area contributed by atoms with Crippen molar-refractivity contribution in [2.24, 2.45) is 0 Å². The van der Waals surface area contributed by atoms with Gasteiger partial charge in [-0.05, 0) is 12.0 Å². The van der Waals surface area contributed by atoms with Gasteiger partial charge in [-0.1, -0.05) is 42.5 Å². The van der Waals surface area contributed by atoms with Crippen LogP contribution in [0.2, 0.25) is 0 Å². The largest absolute Gasteiger partial charge is 0.339 e. The normalized spacial score (nSPS) is 23.5. The predicted molar refractivity (Wildman–Crippen MR) is 108 cm³/mol. The topological polar surface area (TPSA) is 57.7 Å². The van der Waals surface area contributed by atoms with E-state index in [0.717, 1.165) is 32.7 Å². The van der Waals surface area contributed by atoms with E-state index in [2.05, 4.69) is 29.2 Å². The molecule has 5 nitrogen and oxygen atoms in total. The molecule has 1 aromatic carbocycles. The summed E-state index contributed by atoms with van der Waals surface area (Å²) in [5.74, 6) is 1.04. The number of carbonyl (C=O) groups excluding carboxylic acids is 1. The van der Waals surface area contributed by atoms with Crippen LogP contribution >= 0.6 is 11.8 Å². The Balaban J connectivity index is 1.35. The molecule has 7 heteroatoms. The Labute approximate surface area is 160 Å². The lowest BCUT2D eigenvalue weighted by Crippen LogP contribution is -2.49. The number of carbonyl (C=O) groups is 1. The summed E-state index contributed by atoms with van der Waals surface area (Å²) >= 11 is 1.51. The van der Waals surface area contributed by atoms with Gasteiger partial charge in [0.25, 0.3) is 0 Å². The zero-order chi connectivity index (χ0) is 18.4. The van der Waals surface area contributed by atoms with Gasteiger partial charge in [0, 0.05) is 38.0 Å². The van der Waals surface area contributed by atoms with E-state index in [0.29, 0.717) is 12.2 Å². The first-order valence-corrected chi connectivity index (χ1v) is 11.9. The van der Waals surface area contributed by atoms with Gasteiger partial charge >= 0.3 is 0 Å². The van der Waals surface area contributed by atoms with Crippen LogP contribution in [-0.2, 0) is 14.6 Å². The first-order valence-electron chi connectivity index (χ1n) is 9.05. The van der Waals surface area contributed by atoms with Crippen LogP contribution in [0.4, 0.5) is 0 Å². The highest BCUT2D eigenvalue weighted by atomic mass is 32.2. The second-order valence-corrected chi connectivity index (χ2v) is 10.3. The molecule has 1 amide bonds. The van der Waals surface area contributed by atoms with Crippen LogP contribution in [0.5, 0.6) is 0 Å². The summed E-state index contributed by atoms with van der Waals surface area (Å²) < 4.78 is 23.0. The average molecular weight is 395 g/mol. The summed E-state index contributed by atoms with van der Waals surface area (Å²) in [6, 6.07) is 10.2. The van der Waals surface area contributed by atoms with Gasteiger partial charge in [0.05, 0.1) is 17.3 Å². The molecule has 2 saturated heterocycles. The molecule has 0 aromatic heterocycles. The summed E-state index contributed by atoms with van der Waals surface area (Å²) in [6.45, 7) is 4.16. The number of rotatable bonds is 6. The first kappa shape index (κ1) is 19.5. The number of sulfone groups is 1. The summed E-state index contributed by atoms with van der Waals surface area (Å²) in [7, 11) is -2.86. The third-order valence-corrected chi connectivity index (χ3v) is 8.10. The monoisotopic (exact) mass is 394 g/mol. The van der Waals surface area contributed by atoms with E-state index in [1.165, 1.54) is 17.3 Å². The van der Waals surface area contributed by atoms with Crippen molar-refractivity contribution in [3.8, 4) is 0 Å². The number of piperazine rings is 1. The van der Waals surface area contributed by atoms with Crippen molar-refractivity contribution in [2.75, 3.05) is 50.0 Å². The molecule has 26 heavy (non-hydrogen) atoms. The van der Waals surface area contributed by atoms with E-state index in [9.17, 15) is 13.2 Å². The highest BCUT2D eigenvalue weighted by Crippen LogP contribution is 2.24. The van der Waals surface area contributed by atoms with E-state index < -0.39 is 9.84 Å². The molecule has 0 spiro atoms. The molecule has 1 unspecified atom stereocenters. The molecular formula is C19H26N2O3S2. The maximum atomic E-state index is 12.3. The van der Waals surface area contributed by atoms with Crippen molar-refractivity contribution in [3.63, 3.8) is 0 Å². The van der Waals surface area contributed by atoms with Gasteiger partial charge in [0.1, 0.15) is 0 Å². The molecule has 0 radical (unpaired) electrons. The number of hydrogen-bond donors (Lipinski definition) is 0. The van der Waals surface area contributed by atoms with Gasteiger partial charge in [-0.25, -0.2) is 8.42 Å². The number of nitrogens with zero attached hydrogens (tertiary/aromatic N) is 2. The van der Waals surface area contributed by atoms with E-state index in [1.807, 2.05) is 23.1 Å². The zero-order valence-electron chi connectivity index (χ0n) is 14.9. The molecule has 0 aliphatic carbocycles. The van der Waals surface area contributed by atoms with Gasteiger partial charge < -0.3 is 4.90 Å². The van der Waals surface area contributed by atoms with Crippen molar-refractivity contribution in [2.45, 2.75) is 11.7 Å². The number of benzene rings is 1. The van der Waals surface area contributed by atoms with Crippen molar-refractivity contribution >= 4 is 33.6 Å². The predicted octanol–water partition coefficient (Wildman–Crippen LogP) is 1.76. The Morgan fingerprint density at radius 3 is 2.54 bits per heavy atom. The van der Waals surface area contributed by atoms with Crippen molar-refractivity contribution < 1.29 is 13.2 Å². The highest BCUT2D eigenvalue weighted by Gasteiger charge is 2.29. The fourth-order valence-corrected chi connectivity index (χ4v) is 6.80. The SMILES string of the molecule is O=C(CSC1CCS(=O)(=O)C1)N1CCN(CC=Cc2ccccc2)CC1. The first-order chi connectivity index (χ1) is 12.5. The molecule has 0 saturated carbocycles. The molecule has 0 N–H and O–H groups in total. The quantitative estimate of drug-likeness (QED) is 0.736. The summed E-state index contributed by atoms with van der Waals surface area (Å²) in [6.07, 6.45) is 4.98. The fraction of sp³-hybridized carbons (Fsp3) is 0.526. The van der Waals surface area contributed by atoms with E-state index in [4.69, 9.17) is 0 Å². The van der Waals surface area contributed by atoms with E-state index in [-0.39, 0.29) is 22.7 Å². The minimum absolute atomic E-state index is 0.0911. The number of amides is 1. The maximum Gasteiger partial charge on any atom is 0.232 e. The van der Waals surface area contributed by atoms with Crippen molar-refractivity contribution in [1.82, 2.24) is 9.80 Å². The second-order valence-electron chi connectivity index (χ2n) is 6.83. The highest BCUT2D eigenvalue weighted by molar-refractivity contribution is 8.02. The molecular weight excluding hydrogens is 368 g/mol. The van der Waals surface area contributed by atoms with Crippen LogP contribution in [0, 0.1) is 0 Å². The van der Waals surface area contributed by atoms with Crippen LogP contribution in [0.25, 0.3) is 6.08 Å². The minimum Gasteiger partial charge on any atom is -0.339 e. The third kappa shape index (κ3) is 5.86. The van der Waals surface area contributed by atoms with Crippen molar-refractivity contribution in [1.29, 1.82) is 0 Å². The van der Waals surface area contributed by atoms with Crippen LogP contribution in [0.3, 0.4) is 0 Å². The lowest BCUT2D eigenvalue weighted by Gasteiger charge is -2.34. The van der Waals surface area contributed by atoms with Gasteiger partial charge in [-0.2, -0.15) is 0 Å². The Bertz CT molecular complexity index is 726. The smallest absolute Gasteiger partial charge is 0.232 e. The minimum atomic E-state index is -2.86.